The van der Waals surface area contributed by atoms with Crippen LogP contribution in [0.25, 0.3) is 0 Å². The van der Waals surface area contributed by atoms with Crippen LogP contribution in [0.2, 0.25) is 0 Å². The number of imide groups is 1. The Morgan fingerprint density at radius 3 is 2.00 bits per heavy atom. The minimum Gasteiger partial charge on any atom is -0.481 e. The van der Waals surface area contributed by atoms with Gasteiger partial charge in [0.05, 0.1) is 46.1 Å². The summed E-state index contributed by atoms with van der Waals surface area (Å²) >= 11 is 0. The van der Waals surface area contributed by atoms with Gasteiger partial charge in [0.1, 0.15) is 11.8 Å². The Bertz CT molecular complexity index is 872. The fourth-order valence-electron chi connectivity index (χ4n) is 2.60. The second-order valence-corrected chi connectivity index (χ2v) is 8.55. The SMILES string of the molecule is O=C(O)CCOCCOCCOCCNC(=O)[C@H](CS(=O)(=O)O)NC(=O)CCN1C(=O)C=CC1=O. The molecule has 4 amide bonds. The van der Waals surface area contributed by atoms with Crippen molar-refractivity contribution in [1.29, 1.82) is 0 Å². The highest BCUT2D eigenvalue weighted by atomic mass is 32.2. The quantitative estimate of drug-likeness (QED) is 0.0774. The lowest BCUT2D eigenvalue weighted by Crippen LogP contribution is -2.51. The number of nitrogens with zero attached hydrogens (tertiary/aromatic N) is 1. The number of carbonyl (C=O) groups excluding carboxylic acids is 4. The minimum atomic E-state index is -4.61. The average Bonchev–Trinajstić information content (AvgIpc) is 3.08. The van der Waals surface area contributed by atoms with Crippen molar-refractivity contribution in [3.8, 4) is 0 Å². The maximum atomic E-state index is 12.3. The van der Waals surface area contributed by atoms with Gasteiger partial charge in [-0.25, -0.2) is 0 Å². The van der Waals surface area contributed by atoms with Gasteiger partial charge in [0.2, 0.25) is 11.8 Å². The van der Waals surface area contributed by atoms with Crippen LogP contribution in [0, 0.1) is 0 Å². The van der Waals surface area contributed by atoms with Gasteiger partial charge in [-0.05, 0) is 0 Å². The van der Waals surface area contributed by atoms with Gasteiger partial charge in [0.25, 0.3) is 21.9 Å². The van der Waals surface area contributed by atoms with Crippen LogP contribution in [0.4, 0.5) is 0 Å². The van der Waals surface area contributed by atoms with E-state index in [1.807, 2.05) is 0 Å². The first kappa shape index (κ1) is 30.1. The zero-order chi connectivity index (χ0) is 26.3. The van der Waals surface area contributed by atoms with E-state index < -0.39 is 51.5 Å². The molecule has 1 rings (SSSR count). The van der Waals surface area contributed by atoms with Gasteiger partial charge in [0.15, 0.2) is 0 Å². The molecule has 1 heterocycles. The van der Waals surface area contributed by atoms with Crippen LogP contribution in [0.5, 0.6) is 0 Å². The van der Waals surface area contributed by atoms with Crippen LogP contribution >= 0.6 is 0 Å². The lowest BCUT2D eigenvalue weighted by molar-refractivity contribution is -0.139. The predicted octanol–water partition coefficient (Wildman–Crippen LogP) is -2.69. The van der Waals surface area contributed by atoms with Gasteiger partial charge >= 0.3 is 5.97 Å². The highest BCUT2D eigenvalue weighted by Gasteiger charge is 2.28. The smallest absolute Gasteiger partial charge is 0.305 e. The van der Waals surface area contributed by atoms with Crippen molar-refractivity contribution in [2.45, 2.75) is 18.9 Å². The average molecular weight is 524 g/mol. The Morgan fingerprint density at radius 1 is 0.914 bits per heavy atom. The first-order chi connectivity index (χ1) is 16.5. The molecule has 0 aromatic heterocycles. The molecular weight excluding hydrogens is 494 g/mol. The molecule has 1 aliphatic rings. The maximum absolute atomic E-state index is 12.3. The number of amides is 4. The molecule has 1 atom stereocenters. The summed E-state index contributed by atoms with van der Waals surface area (Å²) in [6.45, 7) is 0.706. The highest BCUT2D eigenvalue weighted by molar-refractivity contribution is 7.85. The van der Waals surface area contributed by atoms with Crippen molar-refractivity contribution in [3.05, 3.63) is 12.2 Å². The fraction of sp³-hybridized carbons (Fsp3) is 0.632. The summed E-state index contributed by atoms with van der Waals surface area (Å²) in [5.41, 5.74) is 0. The third kappa shape index (κ3) is 14.2. The third-order valence-corrected chi connectivity index (χ3v) is 5.00. The molecule has 0 saturated heterocycles. The lowest BCUT2D eigenvalue weighted by atomic mass is 10.2. The van der Waals surface area contributed by atoms with E-state index in [2.05, 4.69) is 10.6 Å². The standard InChI is InChI=1S/C19H29N3O12S/c23-15(3-6-22-16(24)1-2-17(22)25)21-14(13-35(29,30)31)19(28)20-5-8-33-10-12-34-11-9-32-7-4-18(26)27/h1-2,14H,3-13H2,(H,20,28)(H,21,23)(H,26,27)(H,29,30,31)/t14-/m0/s1. The van der Waals surface area contributed by atoms with E-state index in [0.717, 1.165) is 17.1 Å². The molecule has 4 N–H and O–H groups in total. The van der Waals surface area contributed by atoms with Crippen LogP contribution in [-0.4, -0.2) is 117 Å². The molecule has 0 spiro atoms. The van der Waals surface area contributed by atoms with E-state index in [0.29, 0.717) is 0 Å². The van der Waals surface area contributed by atoms with Crippen molar-refractivity contribution in [2.75, 3.05) is 58.5 Å². The molecule has 1 aliphatic heterocycles. The molecule has 15 nitrogen and oxygen atoms in total. The zero-order valence-corrected chi connectivity index (χ0v) is 19.7. The van der Waals surface area contributed by atoms with E-state index in [4.69, 9.17) is 23.9 Å². The van der Waals surface area contributed by atoms with Crippen molar-refractivity contribution in [2.24, 2.45) is 0 Å². The number of carboxylic acids is 1. The third-order valence-electron chi connectivity index (χ3n) is 4.24. The first-order valence-corrected chi connectivity index (χ1v) is 12.1. The highest BCUT2D eigenvalue weighted by Crippen LogP contribution is 2.04. The number of nitrogens with one attached hydrogen (secondary N) is 2. The Balaban J connectivity index is 2.26. The molecular formula is C19H29N3O12S. The van der Waals surface area contributed by atoms with E-state index in [9.17, 15) is 32.4 Å². The van der Waals surface area contributed by atoms with Crippen molar-refractivity contribution < 1.29 is 56.3 Å². The van der Waals surface area contributed by atoms with Crippen LogP contribution in [-0.2, 0) is 48.3 Å². The molecule has 0 bridgehead atoms. The van der Waals surface area contributed by atoms with Gasteiger partial charge in [0, 0.05) is 31.7 Å². The Kier molecular flexibility index (Phi) is 13.7. The van der Waals surface area contributed by atoms with Crippen molar-refractivity contribution >= 4 is 39.7 Å². The zero-order valence-electron chi connectivity index (χ0n) is 18.8. The molecule has 0 saturated carbocycles. The summed E-state index contributed by atoms with van der Waals surface area (Å²) in [5.74, 6) is -4.90. The minimum absolute atomic E-state index is 0.0303. The van der Waals surface area contributed by atoms with Gasteiger partial charge in [-0.3, -0.25) is 33.4 Å². The summed E-state index contributed by atoms with van der Waals surface area (Å²) < 4.78 is 47.0. The summed E-state index contributed by atoms with van der Waals surface area (Å²) in [5, 5.41) is 13.0. The van der Waals surface area contributed by atoms with E-state index in [1.54, 1.807) is 0 Å². The molecule has 0 fully saturated rings. The number of carboxylic acid groups (broad SMARTS) is 1. The van der Waals surface area contributed by atoms with Gasteiger partial charge in [-0.1, -0.05) is 0 Å². The first-order valence-electron chi connectivity index (χ1n) is 10.5. The molecule has 35 heavy (non-hydrogen) atoms. The predicted molar refractivity (Wildman–Crippen MR) is 117 cm³/mol. The molecule has 0 radical (unpaired) electrons. The molecule has 16 heteroatoms. The fourth-order valence-corrected chi connectivity index (χ4v) is 3.25. The lowest BCUT2D eigenvalue weighted by Gasteiger charge is -2.18. The van der Waals surface area contributed by atoms with Gasteiger partial charge in [-0.2, -0.15) is 8.42 Å². The Morgan fingerprint density at radius 2 is 1.46 bits per heavy atom. The summed E-state index contributed by atoms with van der Waals surface area (Å²) in [6, 6.07) is -1.61. The van der Waals surface area contributed by atoms with Crippen LogP contribution in [0.1, 0.15) is 12.8 Å². The Labute approximate surface area is 201 Å². The summed E-state index contributed by atoms with van der Waals surface area (Å²) in [4.78, 5) is 58.4. The van der Waals surface area contributed by atoms with Crippen molar-refractivity contribution in [3.63, 3.8) is 0 Å². The molecule has 0 aromatic rings. The second-order valence-electron chi connectivity index (χ2n) is 7.05. The molecule has 198 valence electrons. The van der Waals surface area contributed by atoms with Gasteiger partial charge < -0.3 is 30.0 Å². The number of aliphatic carboxylic acids is 1. The normalized spacial score (nSPS) is 14.3. The van der Waals surface area contributed by atoms with Crippen LogP contribution < -0.4 is 10.6 Å². The Hall–Kier alpha value is -2.92. The largest absolute Gasteiger partial charge is 0.481 e. The summed E-state index contributed by atoms with van der Waals surface area (Å²) in [6.07, 6.45) is 1.62. The maximum Gasteiger partial charge on any atom is 0.305 e. The number of hydrogen-bond acceptors (Lipinski definition) is 10. The van der Waals surface area contributed by atoms with E-state index >= 15 is 0 Å². The van der Waals surface area contributed by atoms with Crippen LogP contribution in [0.15, 0.2) is 12.2 Å². The number of hydrogen-bond donors (Lipinski definition) is 4. The molecule has 0 aromatic carbocycles. The van der Waals surface area contributed by atoms with E-state index in [1.165, 1.54) is 0 Å². The molecule has 0 unspecified atom stereocenters. The van der Waals surface area contributed by atoms with Crippen molar-refractivity contribution in [1.82, 2.24) is 15.5 Å². The molecule has 0 aliphatic carbocycles. The van der Waals surface area contributed by atoms with E-state index in [-0.39, 0.29) is 65.6 Å². The van der Waals surface area contributed by atoms with Crippen LogP contribution in [0.3, 0.4) is 0 Å². The monoisotopic (exact) mass is 523 g/mol. The summed E-state index contributed by atoms with van der Waals surface area (Å²) in [7, 11) is -4.61. The second kappa shape index (κ2) is 15.9. The topological polar surface area (TPSA) is 215 Å². The number of rotatable bonds is 19. The van der Waals surface area contributed by atoms with Gasteiger partial charge in [-0.15, -0.1) is 0 Å². The number of carbonyl (C=O) groups is 5. The number of ether oxygens (including phenoxy) is 3.